The van der Waals surface area contributed by atoms with Crippen LogP contribution in [0.4, 0.5) is 0 Å². The van der Waals surface area contributed by atoms with Gasteiger partial charge < -0.3 is 4.74 Å². The van der Waals surface area contributed by atoms with Gasteiger partial charge in [0.05, 0.1) is 12.2 Å². The van der Waals surface area contributed by atoms with Gasteiger partial charge in [0.2, 0.25) is 0 Å². The van der Waals surface area contributed by atoms with Gasteiger partial charge in [0, 0.05) is 6.42 Å². The Kier molecular flexibility index (Phi) is 5.75. The highest BCUT2D eigenvalue weighted by molar-refractivity contribution is 5.98. The van der Waals surface area contributed by atoms with E-state index in [0.717, 1.165) is 36.1 Å². The van der Waals surface area contributed by atoms with Gasteiger partial charge in [0.25, 0.3) is 0 Å². The molecule has 94 valence electrons. The summed E-state index contributed by atoms with van der Waals surface area (Å²) in [6, 6.07) is 5.83. The van der Waals surface area contributed by atoms with Gasteiger partial charge in [-0.15, -0.1) is 0 Å². The van der Waals surface area contributed by atoms with Gasteiger partial charge >= 0.3 is 0 Å². The Hall–Kier alpha value is -1.31. The fourth-order valence-corrected chi connectivity index (χ4v) is 1.68. The van der Waals surface area contributed by atoms with E-state index in [2.05, 4.69) is 6.92 Å². The van der Waals surface area contributed by atoms with Crippen molar-refractivity contribution < 1.29 is 9.53 Å². The molecular formula is C15H22O2. The molecule has 0 atom stereocenters. The molecule has 1 aromatic carbocycles. The van der Waals surface area contributed by atoms with E-state index in [9.17, 15) is 4.79 Å². The quantitative estimate of drug-likeness (QED) is 0.523. The van der Waals surface area contributed by atoms with E-state index in [1.54, 1.807) is 0 Å². The molecule has 2 heteroatoms. The third kappa shape index (κ3) is 4.22. The highest BCUT2D eigenvalue weighted by Crippen LogP contribution is 2.22. The summed E-state index contributed by atoms with van der Waals surface area (Å²) < 4.78 is 5.68. The number of rotatable bonds is 7. The summed E-state index contributed by atoms with van der Waals surface area (Å²) in [7, 11) is 0. The molecule has 0 amide bonds. The lowest BCUT2D eigenvalue weighted by Crippen LogP contribution is -2.05. The van der Waals surface area contributed by atoms with Crippen LogP contribution < -0.4 is 4.74 Å². The van der Waals surface area contributed by atoms with Gasteiger partial charge in [-0.2, -0.15) is 0 Å². The summed E-state index contributed by atoms with van der Waals surface area (Å²) in [5, 5.41) is 0. The maximum absolute atomic E-state index is 12.0. The van der Waals surface area contributed by atoms with E-state index in [-0.39, 0.29) is 5.78 Å². The Bertz CT molecular complexity index is 369. The molecule has 0 aliphatic heterocycles. The normalized spacial score (nSPS) is 10.3. The van der Waals surface area contributed by atoms with Crippen LogP contribution in [0.5, 0.6) is 5.75 Å². The highest BCUT2D eigenvalue weighted by atomic mass is 16.5. The van der Waals surface area contributed by atoms with Gasteiger partial charge in [-0.3, -0.25) is 4.79 Å². The SMILES string of the molecule is CCCCOc1ccc(C)cc1C(=O)CCC. The molecule has 0 saturated carbocycles. The fraction of sp³-hybridized carbons (Fsp3) is 0.533. The fourth-order valence-electron chi connectivity index (χ4n) is 1.68. The topological polar surface area (TPSA) is 26.3 Å². The molecule has 0 N–H and O–H groups in total. The van der Waals surface area contributed by atoms with E-state index < -0.39 is 0 Å². The first-order chi connectivity index (χ1) is 8.19. The van der Waals surface area contributed by atoms with Gasteiger partial charge in [-0.05, 0) is 31.9 Å². The summed E-state index contributed by atoms with van der Waals surface area (Å²) in [5.41, 5.74) is 1.84. The second-order valence-corrected chi connectivity index (χ2v) is 4.37. The van der Waals surface area contributed by atoms with Crippen LogP contribution in [0, 0.1) is 6.92 Å². The Morgan fingerprint density at radius 1 is 1.24 bits per heavy atom. The maximum Gasteiger partial charge on any atom is 0.166 e. The van der Waals surface area contributed by atoms with Gasteiger partial charge in [0.15, 0.2) is 5.78 Å². The van der Waals surface area contributed by atoms with Gasteiger partial charge in [-0.1, -0.05) is 31.9 Å². The van der Waals surface area contributed by atoms with Crippen molar-refractivity contribution >= 4 is 5.78 Å². The summed E-state index contributed by atoms with van der Waals surface area (Å²) in [4.78, 5) is 12.0. The molecule has 0 aromatic heterocycles. The minimum atomic E-state index is 0.183. The molecule has 0 aliphatic rings. The number of carbonyl (C=O) groups is 1. The molecule has 0 heterocycles. The molecular weight excluding hydrogens is 212 g/mol. The van der Waals surface area contributed by atoms with Crippen LogP contribution in [0.2, 0.25) is 0 Å². The average molecular weight is 234 g/mol. The Morgan fingerprint density at radius 2 is 2.00 bits per heavy atom. The van der Waals surface area contributed by atoms with E-state index in [1.165, 1.54) is 0 Å². The molecule has 0 unspecified atom stereocenters. The Balaban J connectivity index is 2.83. The van der Waals surface area contributed by atoms with Crippen molar-refractivity contribution in [2.24, 2.45) is 0 Å². The first-order valence-electron chi connectivity index (χ1n) is 6.45. The summed E-state index contributed by atoms with van der Waals surface area (Å²) in [5.74, 6) is 0.921. The van der Waals surface area contributed by atoms with Crippen molar-refractivity contribution in [3.8, 4) is 5.75 Å². The number of ketones is 1. The third-order valence-electron chi connectivity index (χ3n) is 2.67. The largest absolute Gasteiger partial charge is 0.493 e. The number of aryl methyl sites for hydroxylation is 1. The van der Waals surface area contributed by atoms with Crippen LogP contribution in [0.25, 0.3) is 0 Å². The standard InChI is InChI=1S/C15H22O2/c1-4-6-10-17-15-9-8-12(3)11-13(15)14(16)7-5-2/h8-9,11H,4-7,10H2,1-3H3. The van der Waals surface area contributed by atoms with E-state index in [1.807, 2.05) is 32.0 Å². The van der Waals surface area contributed by atoms with Crippen LogP contribution in [-0.4, -0.2) is 12.4 Å². The number of hydrogen-bond donors (Lipinski definition) is 0. The first-order valence-corrected chi connectivity index (χ1v) is 6.45. The number of benzene rings is 1. The van der Waals surface area contributed by atoms with Crippen molar-refractivity contribution in [3.63, 3.8) is 0 Å². The monoisotopic (exact) mass is 234 g/mol. The average Bonchev–Trinajstić information content (AvgIpc) is 2.31. The molecule has 0 spiro atoms. The lowest BCUT2D eigenvalue weighted by Gasteiger charge is -2.11. The third-order valence-corrected chi connectivity index (χ3v) is 2.67. The predicted octanol–water partition coefficient (Wildman–Crippen LogP) is 4.16. The van der Waals surface area contributed by atoms with Crippen LogP contribution in [-0.2, 0) is 0 Å². The number of Topliss-reactive ketones (excluding diaryl/α,β-unsaturated/α-hetero) is 1. The second-order valence-electron chi connectivity index (χ2n) is 4.37. The molecule has 17 heavy (non-hydrogen) atoms. The summed E-state index contributed by atoms with van der Waals surface area (Å²) in [6.45, 7) is 6.83. The predicted molar refractivity (Wildman–Crippen MR) is 70.8 cm³/mol. The molecule has 0 radical (unpaired) electrons. The number of hydrogen-bond acceptors (Lipinski definition) is 2. The number of carbonyl (C=O) groups excluding carboxylic acids is 1. The first kappa shape index (κ1) is 13.8. The molecule has 0 saturated heterocycles. The van der Waals surface area contributed by atoms with E-state index >= 15 is 0 Å². The van der Waals surface area contributed by atoms with Crippen molar-refractivity contribution in [1.82, 2.24) is 0 Å². The van der Waals surface area contributed by atoms with Crippen molar-refractivity contribution in [2.75, 3.05) is 6.61 Å². The van der Waals surface area contributed by atoms with Crippen LogP contribution in [0.15, 0.2) is 18.2 Å². The minimum Gasteiger partial charge on any atom is -0.493 e. The van der Waals surface area contributed by atoms with Crippen LogP contribution in [0.3, 0.4) is 0 Å². The maximum atomic E-state index is 12.0. The zero-order chi connectivity index (χ0) is 12.7. The van der Waals surface area contributed by atoms with Crippen LogP contribution >= 0.6 is 0 Å². The summed E-state index contributed by atoms with van der Waals surface area (Å²) in [6.07, 6.45) is 3.59. The van der Waals surface area contributed by atoms with Crippen LogP contribution in [0.1, 0.15) is 55.5 Å². The molecule has 0 aliphatic carbocycles. The molecule has 1 rings (SSSR count). The lowest BCUT2D eigenvalue weighted by atomic mass is 10.0. The van der Waals surface area contributed by atoms with Crippen molar-refractivity contribution in [3.05, 3.63) is 29.3 Å². The minimum absolute atomic E-state index is 0.183. The van der Waals surface area contributed by atoms with Gasteiger partial charge in [-0.25, -0.2) is 0 Å². The highest BCUT2D eigenvalue weighted by Gasteiger charge is 2.11. The smallest absolute Gasteiger partial charge is 0.166 e. The van der Waals surface area contributed by atoms with Gasteiger partial charge in [0.1, 0.15) is 5.75 Å². The summed E-state index contributed by atoms with van der Waals surface area (Å²) >= 11 is 0. The molecule has 0 fully saturated rings. The molecule has 0 bridgehead atoms. The number of ether oxygens (including phenoxy) is 1. The van der Waals surface area contributed by atoms with Crippen molar-refractivity contribution in [2.45, 2.75) is 46.5 Å². The Labute approximate surface area is 104 Å². The van der Waals surface area contributed by atoms with Crippen molar-refractivity contribution in [1.29, 1.82) is 0 Å². The van der Waals surface area contributed by atoms with E-state index in [4.69, 9.17) is 4.74 Å². The Morgan fingerprint density at radius 3 is 2.65 bits per heavy atom. The second kappa shape index (κ2) is 7.10. The molecule has 2 nitrogen and oxygen atoms in total. The zero-order valence-electron chi connectivity index (χ0n) is 11.1. The molecule has 1 aromatic rings. The van der Waals surface area contributed by atoms with E-state index in [0.29, 0.717) is 13.0 Å². The zero-order valence-corrected chi connectivity index (χ0v) is 11.1. The number of unbranched alkanes of at least 4 members (excludes halogenated alkanes) is 1. The lowest BCUT2D eigenvalue weighted by molar-refractivity contribution is 0.0977.